The molecule has 0 aliphatic heterocycles. The summed E-state index contributed by atoms with van der Waals surface area (Å²) in [5.41, 5.74) is 5.37. The van der Waals surface area contributed by atoms with E-state index >= 15 is 0 Å². The summed E-state index contributed by atoms with van der Waals surface area (Å²) in [6.45, 7) is 0.823. The number of carbonyl (C=O) groups is 1. The monoisotopic (exact) mass is 619 g/mol. The Bertz CT molecular complexity index is 2090. The molecule has 0 radical (unpaired) electrons. The third kappa shape index (κ3) is 6.89. The van der Waals surface area contributed by atoms with Crippen LogP contribution >= 0.6 is 0 Å². The molecule has 0 saturated heterocycles. The molecule has 0 aliphatic carbocycles. The normalized spacial score (nSPS) is 11.3. The van der Waals surface area contributed by atoms with E-state index in [1.54, 1.807) is 6.20 Å². The van der Waals surface area contributed by atoms with E-state index in [2.05, 4.69) is 42.3 Å². The molecule has 0 aliphatic rings. The summed E-state index contributed by atoms with van der Waals surface area (Å²) < 4.78 is 28.1. The van der Waals surface area contributed by atoms with Gasteiger partial charge in [0.2, 0.25) is 5.95 Å². The highest BCUT2D eigenvalue weighted by Gasteiger charge is 2.15. The Hall–Kier alpha value is -5.55. The molecule has 0 amide bonds. The lowest BCUT2D eigenvalue weighted by molar-refractivity contribution is 0.0980. The molecule has 0 spiro atoms. The number of halogens is 2. The quantitative estimate of drug-likeness (QED) is 0.168. The third-order valence-corrected chi connectivity index (χ3v) is 7.56. The van der Waals surface area contributed by atoms with Crippen LogP contribution in [0.5, 0.6) is 0 Å². The molecule has 0 bridgehead atoms. The molecule has 0 atom stereocenters. The summed E-state index contributed by atoms with van der Waals surface area (Å²) in [4.78, 5) is 44.6. The Morgan fingerprint density at radius 1 is 0.957 bits per heavy atom. The topological polar surface area (TPSA) is 109 Å². The van der Waals surface area contributed by atoms with Gasteiger partial charge in [0.15, 0.2) is 17.4 Å². The Balaban J connectivity index is 1.13. The minimum Gasteiger partial charge on any atom is -0.345 e. The van der Waals surface area contributed by atoms with Gasteiger partial charge in [-0.3, -0.25) is 14.2 Å². The van der Waals surface area contributed by atoms with Crippen molar-refractivity contribution in [2.75, 3.05) is 19.4 Å². The Kier molecular flexibility index (Phi) is 8.75. The number of fused-ring (bicyclic) bond motifs is 1. The van der Waals surface area contributed by atoms with Crippen LogP contribution in [0.25, 0.3) is 22.2 Å². The molecule has 2 N–H and O–H groups in total. The zero-order valence-corrected chi connectivity index (χ0v) is 25.3. The average Bonchev–Trinajstić information content (AvgIpc) is 3.47. The standard InChI is InChI=1S/C35H31F2N7O2/c1-43(2)19-23-6-10-26(11-7-23)41-35-40-18-28-27(17-39-33(28)42-35)25-5-3-4-22(14-25)9-13-32(45)29-16-38-21-44(34(29)46)20-24-8-12-30(36)31(37)15-24/h3-8,10-12,14-18,21H,9,13,19-20H2,1-2H3,(H2,39,40,41,42). The maximum absolute atomic E-state index is 13.6. The molecule has 3 heterocycles. The van der Waals surface area contributed by atoms with Gasteiger partial charge in [0.05, 0.1) is 12.9 Å². The van der Waals surface area contributed by atoms with Gasteiger partial charge in [0.1, 0.15) is 11.2 Å². The second-order valence-electron chi connectivity index (χ2n) is 11.3. The first kappa shape index (κ1) is 30.5. The Morgan fingerprint density at radius 3 is 2.54 bits per heavy atom. The van der Waals surface area contributed by atoms with E-state index in [1.807, 2.05) is 56.7 Å². The molecule has 3 aromatic heterocycles. The number of hydrogen-bond acceptors (Lipinski definition) is 7. The van der Waals surface area contributed by atoms with E-state index in [0.29, 0.717) is 23.6 Å². The van der Waals surface area contributed by atoms with E-state index < -0.39 is 17.2 Å². The van der Waals surface area contributed by atoms with Crippen molar-refractivity contribution in [3.8, 4) is 11.1 Å². The summed E-state index contributed by atoms with van der Waals surface area (Å²) in [5.74, 6) is -1.85. The molecule has 6 aromatic rings. The zero-order chi connectivity index (χ0) is 32.2. The number of H-pyrrole nitrogens is 1. The number of nitrogens with zero attached hydrogens (tertiary/aromatic N) is 5. The fourth-order valence-electron chi connectivity index (χ4n) is 5.27. The van der Waals surface area contributed by atoms with E-state index in [0.717, 1.165) is 46.4 Å². The third-order valence-electron chi connectivity index (χ3n) is 7.56. The largest absolute Gasteiger partial charge is 0.345 e. The van der Waals surface area contributed by atoms with E-state index in [-0.39, 0.29) is 24.3 Å². The molecule has 232 valence electrons. The molecule has 9 nitrogen and oxygen atoms in total. The molecular weight excluding hydrogens is 588 g/mol. The molecule has 3 aromatic carbocycles. The average molecular weight is 620 g/mol. The molecule has 0 unspecified atom stereocenters. The number of Topliss-reactive ketones (excluding diaryl/α,β-unsaturated/α-hetero) is 1. The predicted molar refractivity (Wildman–Crippen MR) is 173 cm³/mol. The van der Waals surface area contributed by atoms with Gasteiger partial charge in [-0.2, -0.15) is 4.98 Å². The minimum atomic E-state index is -1.01. The van der Waals surface area contributed by atoms with Crippen LogP contribution in [0.2, 0.25) is 0 Å². The maximum atomic E-state index is 13.6. The van der Waals surface area contributed by atoms with Crippen LogP contribution in [0.15, 0.2) is 96.4 Å². The molecule has 0 saturated carbocycles. The van der Waals surface area contributed by atoms with Crippen LogP contribution in [-0.2, 0) is 19.5 Å². The van der Waals surface area contributed by atoms with Crippen molar-refractivity contribution >= 4 is 28.5 Å². The maximum Gasteiger partial charge on any atom is 0.264 e. The van der Waals surface area contributed by atoms with Crippen molar-refractivity contribution in [3.05, 3.63) is 136 Å². The number of aromatic nitrogens is 5. The van der Waals surface area contributed by atoms with Gasteiger partial charge in [-0.15, -0.1) is 0 Å². The van der Waals surface area contributed by atoms with Crippen LogP contribution in [0.3, 0.4) is 0 Å². The fraction of sp³-hybridized carbons (Fsp3) is 0.171. The van der Waals surface area contributed by atoms with Crippen molar-refractivity contribution in [3.63, 3.8) is 0 Å². The van der Waals surface area contributed by atoms with Gasteiger partial charge in [-0.1, -0.05) is 42.5 Å². The number of benzene rings is 3. The summed E-state index contributed by atoms with van der Waals surface area (Å²) >= 11 is 0. The van der Waals surface area contributed by atoms with Crippen LogP contribution in [0.4, 0.5) is 20.4 Å². The Morgan fingerprint density at radius 2 is 1.76 bits per heavy atom. The highest BCUT2D eigenvalue weighted by atomic mass is 19.2. The lowest BCUT2D eigenvalue weighted by Gasteiger charge is -2.10. The minimum absolute atomic E-state index is 0.0394. The van der Waals surface area contributed by atoms with Crippen molar-refractivity contribution in [2.45, 2.75) is 25.9 Å². The van der Waals surface area contributed by atoms with Crippen molar-refractivity contribution in [2.24, 2.45) is 0 Å². The number of nitrogens with one attached hydrogen (secondary N) is 2. The first-order valence-electron chi connectivity index (χ1n) is 14.7. The number of ketones is 1. The number of carbonyl (C=O) groups excluding carboxylic acids is 1. The molecule has 11 heteroatoms. The number of aryl methyl sites for hydroxylation is 1. The lowest BCUT2D eigenvalue weighted by atomic mass is 9.99. The van der Waals surface area contributed by atoms with Crippen LogP contribution in [0, 0.1) is 11.6 Å². The van der Waals surface area contributed by atoms with Crippen molar-refractivity contribution in [1.29, 1.82) is 0 Å². The summed E-state index contributed by atoms with van der Waals surface area (Å²) in [5, 5.41) is 4.11. The van der Waals surface area contributed by atoms with E-state index in [4.69, 9.17) is 0 Å². The van der Waals surface area contributed by atoms with Crippen molar-refractivity contribution in [1.82, 2.24) is 29.4 Å². The number of anilines is 2. The van der Waals surface area contributed by atoms with Gasteiger partial charge in [-0.05, 0) is 67.0 Å². The van der Waals surface area contributed by atoms with Gasteiger partial charge < -0.3 is 15.2 Å². The molecule has 6 rings (SSSR count). The Labute approximate surface area is 263 Å². The van der Waals surface area contributed by atoms with Gasteiger partial charge in [-0.25, -0.2) is 18.7 Å². The molecule has 0 fully saturated rings. The smallest absolute Gasteiger partial charge is 0.264 e. The highest BCUT2D eigenvalue weighted by Crippen LogP contribution is 2.29. The van der Waals surface area contributed by atoms with E-state index in [1.165, 1.54) is 28.7 Å². The highest BCUT2D eigenvalue weighted by molar-refractivity contribution is 5.96. The number of aromatic amines is 1. The molecule has 46 heavy (non-hydrogen) atoms. The first-order valence-corrected chi connectivity index (χ1v) is 14.7. The number of rotatable bonds is 11. The lowest BCUT2D eigenvalue weighted by Crippen LogP contribution is -2.27. The second-order valence-corrected chi connectivity index (χ2v) is 11.3. The van der Waals surface area contributed by atoms with Gasteiger partial charge in [0, 0.05) is 48.2 Å². The predicted octanol–water partition coefficient (Wildman–Crippen LogP) is 6.13. The van der Waals surface area contributed by atoms with Crippen LogP contribution < -0.4 is 10.9 Å². The fourth-order valence-corrected chi connectivity index (χ4v) is 5.27. The number of hydrogen-bond donors (Lipinski definition) is 2. The van der Waals surface area contributed by atoms with Gasteiger partial charge in [0.25, 0.3) is 5.56 Å². The SMILES string of the molecule is CN(C)Cc1ccc(Nc2ncc3c(-c4cccc(CCC(=O)c5cncn(Cc6ccc(F)c(F)c6)c5=O)c4)c[nH]c3n2)cc1. The van der Waals surface area contributed by atoms with Crippen LogP contribution in [0.1, 0.15) is 33.5 Å². The summed E-state index contributed by atoms with van der Waals surface area (Å²) in [6, 6.07) is 19.4. The summed E-state index contributed by atoms with van der Waals surface area (Å²) in [6.07, 6.45) is 6.69. The van der Waals surface area contributed by atoms with Crippen LogP contribution in [-0.4, -0.2) is 49.3 Å². The first-order chi connectivity index (χ1) is 22.2. The zero-order valence-electron chi connectivity index (χ0n) is 25.3. The van der Waals surface area contributed by atoms with Crippen molar-refractivity contribution < 1.29 is 13.6 Å². The second kappa shape index (κ2) is 13.2. The summed E-state index contributed by atoms with van der Waals surface area (Å²) in [7, 11) is 4.07. The van der Waals surface area contributed by atoms with Gasteiger partial charge >= 0.3 is 0 Å². The van der Waals surface area contributed by atoms with E-state index in [9.17, 15) is 18.4 Å². The molecular formula is C35H31F2N7O2.